The summed E-state index contributed by atoms with van der Waals surface area (Å²) in [6.07, 6.45) is 4.57. The maximum absolute atomic E-state index is 13.6. The van der Waals surface area contributed by atoms with Crippen molar-refractivity contribution in [1.29, 1.82) is 0 Å². The third-order valence-corrected chi connectivity index (χ3v) is 11.7. The van der Waals surface area contributed by atoms with Crippen LogP contribution in [0.15, 0.2) is 11.6 Å². The minimum atomic E-state index is -1.83. The van der Waals surface area contributed by atoms with Crippen LogP contribution in [0.3, 0.4) is 0 Å². The molecule has 14 heteroatoms. The van der Waals surface area contributed by atoms with Crippen LogP contribution >= 0.6 is 11.8 Å². The molecular formula is C30H42N2O11S. The maximum Gasteiger partial charge on any atom is 0.329 e. The Morgan fingerprint density at radius 3 is 2.61 bits per heavy atom. The number of rotatable bonds is 12. The minimum Gasteiger partial charge on any atom is -0.456 e. The van der Waals surface area contributed by atoms with Gasteiger partial charge in [0.05, 0.1) is 12.7 Å². The molecule has 0 aromatic rings. The van der Waals surface area contributed by atoms with Gasteiger partial charge < -0.3 is 25.1 Å². The fraction of sp³-hybridized carbons (Fsp3) is 0.767. The highest BCUT2D eigenvalue weighted by molar-refractivity contribution is 8.13. The minimum absolute atomic E-state index is 0.0400. The molecule has 0 unspecified atom stereocenters. The summed E-state index contributed by atoms with van der Waals surface area (Å²) in [5.74, 6) is -2.29. The number of allylic oxidation sites excluding steroid dienone is 1. The number of esters is 1. The number of carbonyl (C=O) groups is 5. The smallest absolute Gasteiger partial charge is 0.329 e. The lowest BCUT2D eigenvalue weighted by atomic mass is 9.45. The zero-order valence-corrected chi connectivity index (χ0v) is 26.2. The Bertz CT molecular complexity index is 1240. The molecule has 1 amide bonds. The average Bonchev–Trinajstić information content (AvgIpc) is 3.22. The number of carbonyl (C=O) groups excluding carboxylic acids is 5. The fourth-order valence-corrected chi connectivity index (χ4v) is 9.39. The van der Waals surface area contributed by atoms with Crippen LogP contribution in [-0.4, -0.2) is 80.6 Å². The molecule has 244 valence electrons. The highest BCUT2D eigenvalue weighted by Gasteiger charge is 2.68. The quantitative estimate of drug-likeness (QED) is 0.122. The Morgan fingerprint density at radius 1 is 1.20 bits per heavy atom. The molecule has 8 atom stereocenters. The molecule has 3 fully saturated rings. The Kier molecular flexibility index (Phi) is 10.3. The molecule has 4 aliphatic carbocycles. The first-order chi connectivity index (χ1) is 20.6. The molecule has 0 heterocycles. The summed E-state index contributed by atoms with van der Waals surface area (Å²) in [7, 11) is 0. The van der Waals surface area contributed by atoms with Crippen LogP contribution in [0.1, 0.15) is 78.6 Å². The molecule has 0 spiro atoms. The zero-order valence-electron chi connectivity index (χ0n) is 25.4. The lowest BCUT2D eigenvalue weighted by molar-refractivity contribution is -0.757. The second-order valence-electron chi connectivity index (χ2n) is 13.1. The van der Waals surface area contributed by atoms with E-state index >= 15 is 0 Å². The number of aliphatic hydroxyl groups is 2. The molecule has 4 aliphatic rings. The number of fused-ring (bicyclic) bond motifs is 5. The second-order valence-corrected chi connectivity index (χ2v) is 14.2. The third-order valence-electron chi connectivity index (χ3n) is 10.7. The van der Waals surface area contributed by atoms with Crippen LogP contribution in [-0.2, 0) is 33.5 Å². The van der Waals surface area contributed by atoms with Crippen LogP contribution < -0.4 is 5.32 Å². The molecule has 3 saturated carbocycles. The van der Waals surface area contributed by atoms with Gasteiger partial charge in [0.25, 0.3) is 5.09 Å². The molecule has 4 rings (SSSR count). The van der Waals surface area contributed by atoms with E-state index < -0.39 is 52.5 Å². The van der Waals surface area contributed by atoms with Gasteiger partial charge in [-0.15, -0.1) is 10.1 Å². The van der Waals surface area contributed by atoms with E-state index in [4.69, 9.17) is 4.74 Å². The highest BCUT2D eigenvalue weighted by Crippen LogP contribution is 2.67. The van der Waals surface area contributed by atoms with E-state index in [1.165, 1.54) is 6.92 Å². The van der Waals surface area contributed by atoms with Crippen LogP contribution in [0.5, 0.6) is 0 Å². The van der Waals surface area contributed by atoms with Gasteiger partial charge >= 0.3 is 5.97 Å². The van der Waals surface area contributed by atoms with Gasteiger partial charge in [-0.3, -0.25) is 19.2 Å². The number of nitrogens with one attached hydrogen (secondary N) is 1. The van der Waals surface area contributed by atoms with Gasteiger partial charge in [-0.2, -0.15) is 0 Å². The highest BCUT2D eigenvalue weighted by atomic mass is 32.2. The van der Waals surface area contributed by atoms with Crippen molar-refractivity contribution >= 4 is 40.3 Å². The molecular weight excluding hydrogens is 596 g/mol. The van der Waals surface area contributed by atoms with Crippen LogP contribution in [0.25, 0.3) is 0 Å². The van der Waals surface area contributed by atoms with Gasteiger partial charge in [-0.1, -0.05) is 31.2 Å². The number of ketones is 2. The average molecular weight is 639 g/mol. The van der Waals surface area contributed by atoms with E-state index in [1.807, 2.05) is 6.92 Å². The molecule has 0 saturated heterocycles. The summed E-state index contributed by atoms with van der Waals surface area (Å²) >= 11 is 0.740. The monoisotopic (exact) mass is 638 g/mol. The van der Waals surface area contributed by atoms with Crippen molar-refractivity contribution < 1.29 is 48.8 Å². The standard InChI is InChI=1S/C30H42N2O11S/c1-17(33)31-22(16-44-25(37)5-4-12-43-32(40)41)27(38)42-15-24(36)30(39)11-9-21-20-7-6-18-13-19(34)8-10-28(18,2)26(20)23(35)14-29(21,30)3/h13,20-23,26,35,39H,4-12,14-16H2,1-3H3,(H,31,33)/t20-,21-,22-,23-,26+,28-,29-,30-/m0/s1. The summed E-state index contributed by atoms with van der Waals surface area (Å²) < 4.78 is 5.27. The van der Waals surface area contributed by atoms with Gasteiger partial charge in [0, 0.05) is 30.9 Å². The van der Waals surface area contributed by atoms with E-state index in [9.17, 15) is 44.3 Å². The topological polar surface area (TPSA) is 199 Å². The summed E-state index contributed by atoms with van der Waals surface area (Å²) in [5.41, 5.74) is -1.99. The van der Waals surface area contributed by atoms with E-state index in [-0.39, 0.29) is 72.1 Å². The SMILES string of the molecule is CC(=O)N[C@@H](CSC(=O)CCCO[N+](=O)[O-])C(=O)OCC(=O)[C@@]1(O)CC[C@H]2[C@@H]3CCC4=CC(=O)CC[C@]4(C)[C@H]3[C@@H](O)C[C@@]21C. The van der Waals surface area contributed by atoms with Crippen molar-refractivity contribution in [2.24, 2.45) is 28.6 Å². The molecule has 0 aromatic carbocycles. The van der Waals surface area contributed by atoms with Crippen molar-refractivity contribution in [3.8, 4) is 0 Å². The lowest BCUT2D eigenvalue weighted by Crippen LogP contribution is -2.62. The van der Waals surface area contributed by atoms with Crippen molar-refractivity contribution in [2.45, 2.75) is 96.3 Å². The number of ether oxygens (including phenoxy) is 1. The summed E-state index contributed by atoms with van der Waals surface area (Å²) in [6, 6.07) is -1.24. The second kappa shape index (κ2) is 13.3. The number of aliphatic hydroxyl groups excluding tert-OH is 1. The van der Waals surface area contributed by atoms with Crippen molar-refractivity contribution in [3.63, 3.8) is 0 Å². The predicted octanol–water partition coefficient (Wildman–Crippen LogP) is 2.09. The van der Waals surface area contributed by atoms with Crippen molar-refractivity contribution in [1.82, 2.24) is 5.32 Å². The van der Waals surface area contributed by atoms with Crippen molar-refractivity contribution in [3.05, 3.63) is 21.8 Å². The zero-order chi connectivity index (χ0) is 32.4. The van der Waals surface area contributed by atoms with Gasteiger partial charge in [0.15, 0.2) is 17.5 Å². The van der Waals surface area contributed by atoms with Gasteiger partial charge in [-0.05, 0) is 74.2 Å². The van der Waals surface area contributed by atoms with E-state index in [0.717, 1.165) is 30.2 Å². The molecule has 0 bridgehead atoms. The van der Waals surface area contributed by atoms with Crippen LogP contribution in [0, 0.1) is 38.7 Å². The molecule has 0 aliphatic heterocycles. The van der Waals surface area contributed by atoms with E-state index in [2.05, 4.69) is 17.1 Å². The van der Waals surface area contributed by atoms with E-state index in [1.54, 1.807) is 6.08 Å². The van der Waals surface area contributed by atoms with Crippen LogP contribution in [0.2, 0.25) is 0 Å². The lowest BCUT2D eigenvalue weighted by Gasteiger charge is -2.60. The van der Waals surface area contributed by atoms with Crippen LogP contribution in [0.4, 0.5) is 0 Å². The predicted molar refractivity (Wildman–Crippen MR) is 156 cm³/mol. The molecule has 44 heavy (non-hydrogen) atoms. The largest absolute Gasteiger partial charge is 0.456 e. The van der Waals surface area contributed by atoms with Crippen molar-refractivity contribution in [2.75, 3.05) is 19.0 Å². The van der Waals surface area contributed by atoms with E-state index in [0.29, 0.717) is 19.3 Å². The number of Topliss-reactive ketones (excluding diaryl/α,β-unsaturated/α-hetero) is 1. The Labute approximate surface area is 260 Å². The summed E-state index contributed by atoms with van der Waals surface area (Å²) in [5, 5.41) is 34.7. The number of hydrogen-bond acceptors (Lipinski definition) is 12. The summed E-state index contributed by atoms with van der Waals surface area (Å²) in [4.78, 5) is 76.8. The molecule has 3 N–H and O–H groups in total. The first kappa shape index (κ1) is 34.0. The number of thioether (sulfide) groups is 1. The Morgan fingerprint density at radius 2 is 1.93 bits per heavy atom. The number of nitrogens with zero attached hydrogens (tertiary/aromatic N) is 1. The first-order valence-corrected chi connectivity index (χ1v) is 16.1. The van der Waals surface area contributed by atoms with Gasteiger partial charge in [0.1, 0.15) is 11.6 Å². The normalized spacial score (nSPS) is 34.8. The third kappa shape index (κ3) is 6.57. The molecule has 0 radical (unpaired) electrons. The van der Waals surface area contributed by atoms with Gasteiger partial charge in [-0.25, -0.2) is 4.79 Å². The fourth-order valence-electron chi connectivity index (χ4n) is 8.52. The molecule has 13 nitrogen and oxygen atoms in total. The maximum atomic E-state index is 13.6. The number of amides is 1. The number of hydrogen-bond donors (Lipinski definition) is 3. The molecule has 0 aromatic heterocycles. The first-order valence-electron chi connectivity index (χ1n) is 15.2. The Hall–Kier alpha value is -2.84. The Balaban J connectivity index is 1.39. The summed E-state index contributed by atoms with van der Waals surface area (Å²) in [6.45, 7) is 4.16. The van der Waals surface area contributed by atoms with Gasteiger partial charge in [0.2, 0.25) is 11.7 Å².